The molecule has 3 rings (SSSR count). The van der Waals surface area contributed by atoms with E-state index in [1.807, 2.05) is 0 Å². The Morgan fingerprint density at radius 3 is 2.24 bits per heavy atom. The second-order valence-electron chi connectivity index (χ2n) is 8.00. The zero-order valence-electron chi connectivity index (χ0n) is 18.1. The van der Waals surface area contributed by atoms with Crippen LogP contribution in [0.1, 0.15) is 31.2 Å². The number of thioether (sulfide) groups is 1. The number of hydrogen-bond acceptors (Lipinski definition) is 5. The molecule has 0 saturated carbocycles. The van der Waals surface area contributed by atoms with Crippen LogP contribution in [-0.2, 0) is 25.6 Å². The normalized spacial score (nSPS) is 15.3. The first-order valence-electron chi connectivity index (χ1n) is 10.6. The topological polar surface area (TPSA) is 91.8 Å². The van der Waals surface area contributed by atoms with E-state index in [1.165, 1.54) is 12.1 Å². The maximum atomic E-state index is 13.6. The predicted molar refractivity (Wildman–Crippen MR) is 120 cm³/mol. The molecule has 1 fully saturated rings. The maximum Gasteiger partial charge on any atom is 0.417 e. The summed E-state index contributed by atoms with van der Waals surface area (Å²) in [7, 11) is -3.96. The molecule has 0 radical (unpaired) electrons. The number of carbonyl (C=O) groups excluding carboxylic acids is 1. The number of nitrogens with zero attached hydrogens (tertiary/aromatic N) is 1. The number of sulfone groups is 1. The largest absolute Gasteiger partial charge is 0.481 e. The van der Waals surface area contributed by atoms with Crippen molar-refractivity contribution < 1.29 is 36.3 Å². The lowest BCUT2D eigenvalue weighted by atomic mass is 9.98. The van der Waals surface area contributed by atoms with E-state index in [4.69, 9.17) is 5.11 Å². The fraction of sp³-hybridized carbons (Fsp3) is 0.391. The molecule has 0 aliphatic carbocycles. The first kappa shape index (κ1) is 26.1. The van der Waals surface area contributed by atoms with Crippen molar-refractivity contribution in [1.82, 2.24) is 4.90 Å². The number of likely N-dealkylation sites (tertiary alicyclic amines) is 1. The molecule has 1 amide bonds. The smallest absolute Gasteiger partial charge is 0.417 e. The highest BCUT2D eigenvalue weighted by molar-refractivity contribution is 7.99. The lowest BCUT2D eigenvalue weighted by molar-refractivity contribution is -0.141. The highest BCUT2D eigenvalue weighted by Crippen LogP contribution is 2.40. The van der Waals surface area contributed by atoms with Crippen molar-refractivity contribution in [2.75, 3.05) is 18.8 Å². The lowest BCUT2D eigenvalue weighted by Gasteiger charge is -2.32. The Labute approximate surface area is 200 Å². The molecule has 0 atom stereocenters. The van der Waals surface area contributed by atoms with Gasteiger partial charge in [0, 0.05) is 30.2 Å². The zero-order valence-corrected chi connectivity index (χ0v) is 19.8. The summed E-state index contributed by atoms with van der Waals surface area (Å²) in [4.78, 5) is 23.9. The van der Waals surface area contributed by atoms with Crippen LogP contribution in [0.25, 0.3) is 0 Å². The predicted octanol–water partition coefficient (Wildman–Crippen LogP) is 4.73. The first-order chi connectivity index (χ1) is 16.0. The van der Waals surface area contributed by atoms with E-state index in [0.29, 0.717) is 31.7 Å². The van der Waals surface area contributed by atoms with Gasteiger partial charge in [-0.2, -0.15) is 13.2 Å². The quantitative estimate of drug-likeness (QED) is 0.511. The van der Waals surface area contributed by atoms with Crippen LogP contribution in [-0.4, -0.2) is 49.1 Å². The third-order valence-corrected chi connectivity index (χ3v) is 8.67. The molecule has 34 heavy (non-hydrogen) atoms. The van der Waals surface area contributed by atoms with Crippen molar-refractivity contribution in [3.63, 3.8) is 0 Å². The number of alkyl halides is 3. The molecule has 1 N–H and O–H groups in total. The van der Waals surface area contributed by atoms with E-state index in [9.17, 15) is 31.2 Å². The summed E-state index contributed by atoms with van der Waals surface area (Å²) in [6.45, 7) is 0.830. The number of rotatable bonds is 8. The van der Waals surface area contributed by atoms with Crippen molar-refractivity contribution in [2.45, 2.75) is 46.5 Å². The van der Waals surface area contributed by atoms with Gasteiger partial charge in [-0.05, 0) is 49.1 Å². The van der Waals surface area contributed by atoms with Gasteiger partial charge in [-0.1, -0.05) is 18.2 Å². The van der Waals surface area contributed by atoms with Crippen molar-refractivity contribution >= 4 is 33.5 Å². The number of carbonyl (C=O) groups is 2. The Hall–Kier alpha value is -2.53. The number of benzene rings is 2. The van der Waals surface area contributed by atoms with Gasteiger partial charge < -0.3 is 10.0 Å². The van der Waals surface area contributed by atoms with Gasteiger partial charge in [-0.3, -0.25) is 9.59 Å². The lowest BCUT2D eigenvalue weighted by Crippen LogP contribution is -2.39. The molecule has 11 heteroatoms. The summed E-state index contributed by atoms with van der Waals surface area (Å²) in [5.74, 6) is -0.901. The molecule has 1 heterocycles. The van der Waals surface area contributed by atoms with Crippen LogP contribution in [0.15, 0.2) is 63.2 Å². The van der Waals surface area contributed by atoms with Crippen LogP contribution >= 0.6 is 11.8 Å². The van der Waals surface area contributed by atoms with E-state index in [0.717, 1.165) is 30.0 Å². The highest BCUT2D eigenvalue weighted by Gasteiger charge is 2.35. The van der Waals surface area contributed by atoms with Crippen molar-refractivity contribution in [1.29, 1.82) is 0 Å². The third-order valence-electron chi connectivity index (χ3n) is 5.62. The molecule has 184 valence electrons. The van der Waals surface area contributed by atoms with Gasteiger partial charge in [0.25, 0.3) is 0 Å². The second kappa shape index (κ2) is 10.8. The number of carboxylic acid groups (broad SMARTS) is 1. The average molecular weight is 516 g/mol. The molecule has 6 nitrogen and oxygen atoms in total. The van der Waals surface area contributed by atoms with Gasteiger partial charge in [0.15, 0.2) is 0 Å². The Balaban J connectivity index is 1.71. The fourth-order valence-corrected chi connectivity index (χ4v) is 6.37. The standard InChI is InChI=1S/C23H24F3NO5S2/c24-23(25,26)19-7-6-18(34(31,32)17-4-2-1-3-5-17)14-20(19)33-15-16-10-12-27(13-11-16)21(28)8-9-22(29)30/h1-7,14,16H,8-13,15H2,(H,29,30). The summed E-state index contributed by atoms with van der Waals surface area (Å²) in [5, 5.41) is 8.70. The molecule has 1 aliphatic heterocycles. The zero-order chi connectivity index (χ0) is 24.9. The molecule has 1 aliphatic rings. The Bertz CT molecular complexity index is 1130. The highest BCUT2D eigenvalue weighted by atomic mass is 32.2. The first-order valence-corrected chi connectivity index (χ1v) is 13.1. The van der Waals surface area contributed by atoms with Crippen LogP contribution < -0.4 is 0 Å². The number of piperidine rings is 1. The van der Waals surface area contributed by atoms with E-state index in [1.54, 1.807) is 23.1 Å². The maximum absolute atomic E-state index is 13.6. The molecule has 1 saturated heterocycles. The number of aliphatic carboxylic acids is 1. The van der Waals surface area contributed by atoms with E-state index < -0.39 is 27.5 Å². The van der Waals surface area contributed by atoms with Crippen LogP contribution in [0, 0.1) is 5.92 Å². The SMILES string of the molecule is O=C(O)CCC(=O)N1CCC(CSc2cc(S(=O)(=O)c3ccccc3)ccc2C(F)(F)F)CC1. The van der Waals surface area contributed by atoms with Gasteiger partial charge in [-0.15, -0.1) is 11.8 Å². The Morgan fingerprint density at radius 2 is 1.65 bits per heavy atom. The minimum absolute atomic E-state index is 0.00523. The van der Waals surface area contributed by atoms with Gasteiger partial charge in [-0.25, -0.2) is 8.42 Å². The van der Waals surface area contributed by atoms with Crippen molar-refractivity contribution in [2.24, 2.45) is 5.92 Å². The third kappa shape index (κ3) is 6.53. The monoisotopic (exact) mass is 515 g/mol. The summed E-state index contributed by atoms with van der Waals surface area (Å²) < 4.78 is 66.5. The number of halogens is 3. The summed E-state index contributed by atoms with van der Waals surface area (Å²) >= 11 is 0.964. The van der Waals surface area contributed by atoms with Crippen LogP contribution in [0.4, 0.5) is 13.2 Å². The van der Waals surface area contributed by atoms with Crippen LogP contribution in [0.2, 0.25) is 0 Å². The van der Waals surface area contributed by atoms with Crippen LogP contribution in [0.3, 0.4) is 0 Å². The number of carboxylic acids is 1. The fourth-order valence-electron chi connectivity index (χ4n) is 3.69. The number of amides is 1. The molecule has 0 bridgehead atoms. The van der Waals surface area contributed by atoms with Gasteiger partial charge in [0.2, 0.25) is 15.7 Å². The molecular formula is C23H24F3NO5S2. The Morgan fingerprint density at radius 1 is 1.00 bits per heavy atom. The minimum atomic E-state index is -4.63. The molecule has 2 aromatic rings. The van der Waals surface area contributed by atoms with Gasteiger partial charge in [0.05, 0.1) is 21.8 Å². The molecular weight excluding hydrogens is 491 g/mol. The van der Waals surface area contributed by atoms with Gasteiger partial charge >= 0.3 is 12.1 Å². The average Bonchev–Trinajstić information content (AvgIpc) is 2.81. The van der Waals surface area contributed by atoms with Crippen LogP contribution in [0.5, 0.6) is 0 Å². The molecule has 0 aromatic heterocycles. The summed E-state index contributed by atoms with van der Waals surface area (Å²) in [5.41, 5.74) is -0.884. The molecule has 0 unspecified atom stereocenters. The van der Waals surface area contributed by atoms with Gasteiger partial charge in [0.1, 0.15) is 0 Å². The minimum Gasteiger partial charge on any atom is -0.481 e. The summed E-state index contributed by atoms with van der Waals surface area (Å²) in [6.07, 6.45) is -3.79. The second-order valence-corrected chi connectivity index (χ2v) is 11.0. The van der Waals surface area contributed by atoms with E-state index >= 15 is 0 Å². The van der Waals surface area contributed by atoms with Crippen molar-refractivity contribution in [3.05, 3.63) is 54.1 Å². The van der Waals surface area contributed by atoms with Crippen molar-refractivity contribution in [3.8, 4) is 0 Å². The van der Waals surface area contributed by atoms with E-state index in [-0.39, 0.29) is 39.4 Å². The van der Waals surface area contributed by atoms with E-state index in [2.05, 4.69) is 0 Å². The Kier molecular flexibility index (Phi) is 8.29. The molecule has 0 spiro atoms. The number of hydrogen-bond donors (Lipinski definition) is 1. The molecule has 2 aromatic carbocycles. The summed E-state index contributed by atoms with van der Waals surface area (Å²) in [6, 6.07) is 10.4.